The second-order valence-corrected chi connectivity index (χ2v) is 7.05. The van der Waals surface area contributed by atoms with Gasteiger partial charge in [0.2, 0.25) is 10.0 Å². The molecule has 0 radical (unpaired) electrons. The van der Waals surface area contributed by atoms with Crippen molar-refractivity contribution in [3.05, 3.63) is 16.3 Å². The van der Waals surface area contributed by atoms with E-state index >= 15 is 0 Å². The first-order valence-electron chi connectivity index (χ1n) is 5.81. The van der Waals surface area contributed by atoms with E-state index in [1.165, 1.54) is 11.3 Å². The minimum absolute atomic E-state index is 0.146. The van der Waals surface area contributed by atoms with Gasteiger partial charge in [-0.3, -0.25) is 0 Å². The van der Waals surface area contributed by atoms with Gasteiger partial charge in [0.05, 0.1) is 4.90 Å². The molecule has 2 unspecified atom stereocenters. The molecule has 0 aromatic carbocycles. The molecule has 1 aliphatic rings. The summed E-state index contributed by atoms with van der Waals surface area (Å²) in [6, 6.07) is 1.83. The van der Waals surface area contributed by atoms with Crippen LogP contribution in [0.4, 0.5) is 0 Å². The van der Waals surface area contributed by atoms with Gasteiger partial charge in [0.15, 0.2) is 0 Å². The van der Waals surface area contributed by atoms with Gasteiger partial charge in [0, 0.05) is 17.5 Å². The molecule has 0 aliphatic heterocycles. The van der Waals surface area contributed by atoms with Crippen LogP contribution in [0.1, 0.15) is 24.6 Å². The number of rotatable bonds is 6. The summed E-state index contributed by atoms with van der Waals surface area (Å²) in [4.78, 5) is 1.30. The number of sulfonamides is 1. The van der Waals surface area contributed by atoms with Crippen molar-refractivity contribution < 1.29 is 8.42 Å². The predicted octanol–water partition coefficient (Wildman–Crippen LogP) is 1.54. The van der Waals surface area contributed by atoms with Crippen LogP contribution in [0.5, 0.6) is 0 Å². The fourth-order valence-corrected chi connectivity index (χ4v) is 4.74. The summed E-state index contributed by atoms with van der Waals surface area (Å²) in [7, 11) is -1.51. The summed E-state index contributed by atoms with van der Waals surface area (Å²) in [5, 5.41) is 4.81. The van der Waals surface area contributed by atoms with Crippen molar-refractivity contribution in [3.63, 3.8) is 0 Å². The lowest BCUT2D eigenvalue weighted by Crippen LogP contribution is -2.27. The van der Waals surface area contributed by atoms with Crippen molar-refractivity contribution in [3.8, 4) is 0 Å². The van der Waals surface area contributed by atoms with Gasteiger partial charge in [-0.05, 0) is 30.8 Å². The summed E-state index contributed by atoms with van der Waals surface area (Å²) in [6.07, 6.45) is 2.02. The monoisotopic (exact) mass is 274 g/mol. The Labute approximate surface area is 106 Å². The highest BCUT2D eigenvalue weighted by Gasteiger charge is 2.39. The van der Waals surface area contributed by atoms with Crippen LogP contribution in [0.15, 0.2) is 16.3 Å². The second-order valence-electron chi connectivity index (χ2n) is 4.37. The number of nitrogens with one attached hydrogen (secondary N) is 2. The predicted molar refractivity (Wildman–Crippen MR) is 69.6 cm³/mol. The van der Waals surface area contributed by atoms with Gasteiger partial charge < -0.3 is 5.32 Å². The molecule has 17 heavy (non-hydrogen) atoms. The summed E-state index contributed by atoms with van der Waals surface area (Å²) in [5.41, 5.74) is 0. The van der Waals surface area contributed by atoms with Gasteiger partial charge in [0.1, 0.15) is 0 Å². The molecule has 1 aromatic heterocycles. The zero-order chi connectivity index (χ0) is 12.5. The lowest BCUT2D eigenvalue weighted by molar-refractivity contribution is 0.575. The minimum atomic E-state index is -3.33. The maximum absolute atomic E-state index is 12.2. The zero-order valence-corrected chi connectivity index (χ0v) is 11.7. The van der Waals surface area contributed by atoms with Crippen LogP contribution in [0.3, 0.4) is 0 Å². The molecule has 96 valence electrons. The fourth-order valence-electron chi connectivity index (χ4n) is 1.96. The standard InChI is InChI=1S/C11H18N2O2S2/c1-3-8-6-9(8)13-17(14,15)11-4-5-16-10(11)7-12-2/h4-5,8-9,12-13H,3,6-7H2,1-2H3. The van der Waals surface area contributed by atoms with E-state index in [0.717, 1.165) is 17.7 Å². The molecule has 0 amide bonds. The van der Waals surface area contributed by atoms with Gasteiger partial charge in [-0.2, -0.15) is 0 Å². The Morgan fingerprint density at radius 2 is 2.29 bits per heavy atom. The largest absolute Gasteiger partial charge is 0.315 e. The first-order valence-corrected chi connectivity index (χ1v) is 8.18. The summed E-state index contributed by atoms with van der Waals surface area (Å²) in [6.45, 7) is 2.69. The third kappa shape index (κ3) is 2.88. The van der Waals surface area contributed by atoms with E-state index < -0.39 is 10.0 Å². The van der Waals surface area contributed by atoms with Crippen LogP contribution in [-0.2, 0) is 16.6 Å². The van der Waals surface area contributed by atoms with Gasteiger partial charge in [-0.25, -0.2) is 13.1 Å². The Hall–Kier alpha value is -0.430. The van der Waals surface area contributed by atoms with Crippen molar-refractivity contribution in [1.82, 2.24) is 10.0 Å². The molecule has 1 aliphatic carbocycles. The Balaban J connectivity index is 2.12. The highest BCUT2D eigenvalue weighted by molar-refractivity contribution is 7.89. The van der Waals surface area contributed by atoms with Gasteiger partial charge in [-0.15, -0.1) is 11.3 Å². The zero-order valence-electron chi connectivity index (χ0n) is 10.1. The molecule has 1 heterocycles. The Kier molecular flexibility index (Phi) is 3.87. The summed E-state index contributed by atoms with van der Waals surface area (Å²) >= 11 is 1.47. The number of hydrogen-bond donors (Lipinski definition) is 2. The molecule has 1 saturated carbocycles. The SMILES string of the molecule is CCC1CC1NS(=O)(=O)c1ccsc1CNC. The molecule has 0 saturated heterocycles. The third-order valence-electron chi connectivity index (χ3n) is 3.08. The Morgan fingerprint density at radius 1 is 1.53 bits per heavy atom. The van der Waals surface area contributed by atoms with E-state index in [4.69, 9.17) is 0 Å². The third-order valence-corrected chi connectivity index (χ3v) is 5.71. The molecule has 0 bridgehead atoms. The molecular formula is C11H18N2O2S2. The van der Waals surface area contributed by atoms with E-state index in [-0.39, 0.29) is 6.04 Å². The van der Waals surface area contributed by atoms with Gasteiger partial charge >= 0.3 is 0 Å². The van der Waals surface area contributed by atoms with Crippen molar-refractivity contribution in [2.45, 2.75) is 37.2 Å². The van der Waals surface area contributed by atoms with Crippen molar-refractivity contribution in [1.29, 1.82) is 0 Å². The van der Waals surface area contributed by atoms with Gasteiger partial charge in [0.25, 0.3) is 0 Å². The molecule has 1 fully saturated rings. The van der Waals surface area contributed by atoms with Crippen LogP contribution >= 0.6 is 11.3 Å². The topological polar surface area (TPSA) is 58.2 Å². The minimum Gasteiger partial charge on any atom is -0.315 e. The maximum Gasteiger partial charge on any atom is 0.241 e. The fraction of sp³-hybridized carbons (Fsp3) is 0.636. The van der Waals surface area contributed by atoms with Crippen LogP contribution in [0, 0.1) is 5.92 Å². The van der Waals surface area contributed by atoms with E-state index in [0.29, 0.717) is 17.4 Å². The first-order chi connectivity index (χ1) is 8.08. The lowest BCUT2D eigenvalue weighted by Gasteiger charge is -2.07. The number of thiophene rings is 1. The van der Waals surface area contributed by atoms with Gasteiger partial charge in [-0.1, -0.05) is 13.3 Å². The van der Waals surface area contributed by atoms with E-state index in [2.05, 4.69) is 17.0 Å². The van der Waals surface area contributed by atoms with Crippen molar-refractivity contribution >= 4 is 21.4 Å². The number of hydrogen-bond acceptors (Lipinski definition) is 4. The molecular weight excluding hydrogens is 256 g/mol. The average molecular weight is 274 g/mol. The molecule has 4 nitrogen and oxygen atoms in total. The van der Waals surface area contributed by atoms with E-state index in [9.17, 15) is 8.42 Å². The highest BCUT2D eigenvalue weighted by atomic mass is 32.2. The summed E-state index contributed by atoms with van der Waals surface area (Å²) < 4.78 is 27.1. The highest BCUT2D eigenvalue weighted by Crippen LogP contribution is 2.35. The van der Waals surface area contributed by atoms with Crippen LogP contribution in [0.2, 0.25) is 0 Å². The quantitative estimate of drug-likeness (QED) is 0.827. The maximum atomic E-state index is 12.2. The lowest BCUT2D eigenvalue weighted by atomic mass is 10.3. The van der Waals surface area contributed by atoms with Crippen LogP contribution < -0.4 is 10.0 Å². The van der Waals surface area contributed by atoms with Crippen molar-refractivity contribution in [2.24, 2.45) is 5.92 Å². The van der Waals surface area contributed by atoms with Crippen molar-refractivity contribution in [2.75, 3.05) is 7.05 Å². The summed E-state index contributed by atoms with van der Waals surface area (Å²) in [5.74, 6) is 0.524. The molecule has 2 atom stereocenters. The first kappa shape index (κ1) is 13.0. The Bertz CT molecular complexity index is 481. The molecule has 1 aromatic rings. The van der Waals surface area contributed by atoms with E-state index in [1.807, 2.05) is 12.4 Å². The molecule has 2 rings (SSSR count). The Morgan fingerprint density at radius 3 is 2.88 bits per heavy atom. The smallest absolute Gasteiger partial charge is 0.241 e. The van der Waals surface area contributed by atoms with Crippen LogP contribution in [0.25, 0.3) is 0 Å². The van der Waals surface area contributed by atoms with Crippen LogP contribution in [-0.4, -0.2) is 21.5 Å². The molecule has 6 heteroatoms. The molecule has 0 spiro atoms. The molecule has 2 N–H and O–H groups in total. The second kappa shape index (κ2) is 5.06. The van der Waals surface area contributed by atoms with E-state index in [1.54, 1.807) is 6.07 Å². The normalized spacial score (nSPS) is 23.9. The average Bonchev–Trinajstić information content (AvgIpc) is 2.83.